The van der Waals surface area contributed by atoms with Gasteiger partial charge in [-0.2, -0.15) is 0 Å². The van der Waals surface area contributed by atoms with Crippen molar-refractivity contribution < 1.29 is 19.6 Å². The van der Waals surface area contributed by atoms with Crippen LogP contribution >= 0.6 is 0 Å². The molecular formula is C17H26N2O5. The number of nitro benzene ring substituents is 1. The number of ether oxygens (including phenoxy) is 1. The van der Waals surface area contributed by atoms with E-state index in [0.29, 0.717) is 11.4 Å². The summed E-state index contributed by atoms with van der Waals surface area (Å²) in [6, 6.07) is 2.50. The molecule has 0 aliphatic carbocycles. The predicted octanol–water partition coefficient (Wildman–Crippen LogP) is 4.10. The van der Waals surface area contributed by atoms with E-state index in [1.807, 2.05) is 6.92 Å². The zero-order valence-corrected chi connectivity index (χ0v) is 14.7. The molecule has 1 N–H and O–H groups in total. The standard InChI is InChI=1S/C17H26N2O5/c1-5-6-7-8-9-12(2)24-16-11-14(19(22)23)13(17(20)21)10-15(16)18(3)4/h10-12H,5-9H2,1-4H3,(H,20,21). The van der Waals surface area contributed by atoms with E-state index in [1.54, 1.807) is 19.0 Å². The molecule has 0 saturated carbocycles. The molecule has 1 unspecified atom stereocenters. The minimum atomic E-state index is -1.33. The molecule has 0 saturated heterocycles. The van der Waals surface area contributed by atoms with Gasteiger partial charge in [0.2, 0.25) is 0 Å². The largest absolute Gasteiger partial charge is 0.488 e. The molecule has 0 aliphatic heterocycles. The van der Waals surface area contributed by atoms with Gasteiger partial charge in [0, 0.05) is 14.1 Å². The Morgan fingerprint density at radius 1 is 1.33 bits per heavy atom. The van der Waals surface area contributed by atoms with E-state index in [0.717, 1.165) is 25.7 Å². The maximum absolute atomic E-state index is 11.3. The van der Waals surface area contributed by atoms with Crippen LogP contribution in [0.2, 0.25) is 0 Å². The highest BCUT2D eigenvalue weighted by Gasteiger charge is 2.25. The summed E-state index contributed by atoms with van der Waals surface area (Å²) in [6.07, 6.45) is 5.24. The first-order valence-electron chi connectivity index (χ1n) is 8.17. The number of nitro groups is 1. The molecule has 0 aliphatic rings. The first-order valence-corrected chi connectivity index (χ1v) is 8.17. The molecule has 1 atom stereocenters. The van der Waals surface area contributed by atoms with Gasteiger partial charge in [-0.3, -0.25) is 10.1 Å². The summed E-state index contributed by atoms with van der Waals surface area (Å²) in [5.41, 5.74) is -0.286. The van der Waals surface area contributed by atoms with Gasteiger partial charge >= 0.3 is 5.97 Å². The Morgan fingerprint density at radius 2 is 2.00 bits per heavy atom. The average molecular weight is 338 g/mol. The number of anilines is 1. The van der Waals surface area contributed by atoms with E-state index in [-0.39, 0.29) is 11.7 Å². The van der Waals surface area contributed by atoms with Crippen LogP contribution < -0.4 is 9.64 Å². The average Bonchev–Trinajstić information content (AvgIpc) is 2.50. The van der Waals surface area contributed by atoms with Gasteiger partial charge in [0.25, 0.3) is 5.69 Å². The third-order valence-electron chi connectivity index (χ3n) is 3.78. The molecule has 0 fully saturated rings. The highest BCUT2D eigenvalue weighted by Crippen LogP contribution is 2.35. The number of carboxylic acids is 1. The fourth-order valence-corrected chi connectivity index (χ4v) is 2.46. The van der Waals surface area contributed by atoms with Crippen LogP contribution in [0, 0.1) is 10.1 Å². The maximum atomic E-state index is 11.3. The van der Waals surface area contributed by atoms with Crippen LogP contribution in [0.5, 0.6) is 5.75 Å². The van der Waals surface area contributed by atoms with Crippen molar-refractivity contribution in [3.05, 3.63) is 27.8 Å². The summed E-state index contributed by atoms with van der Waals surface area (Å²) in [5, 5.41) is 20.4. The fourth-order valence-electron chi connectivity index (χ4n) is 2.46. The van der Waals surface area contributed by atoms with Gasteiger partial charge in [0.15, 0.2) is 0 Å². The zero-order valence-electron chi connectivity index (χ0n) is 14.7. The summed E-state index contributed by atoms with van der Waals surface area (Å²) in [4.78, 5) is 23.4. The Balaban J connectivity index is 3.05. The smallest absolute Gasteiger partial charge is 0.342 e. The second-order valence-electron chi connectivity index (χ2n) is 6.07. The summed E-state index contributed by atoms with van der Waals surface area (Å²) in [5.74, 6) is -0.997. The number of hydrogen-bond donors (Lipinski definition) is 1. The summed E-state index contributed by atoms with van der Waals surface area (Å²) >= 11 is 0. The van der Waals surface area contributed by atoms with Crippen molar-refractivity contribution in [1.29, 1.82) is 0 Å². The van der Waals surface area contributed by atoms with E-state index in [1.165, 1.54) is 18.6 Å². The topological polar surface area (TPSA) is 92.9 Å². The molecule has 1 aromatic carbocycles. The van der Waals surface area contributed by atoms with Crippen LogP contribution in [0.3, 0.4) is 0 Å². The van der Waals surface area contributed by atoms with Crippen molar-refractivity contribution in [1.82, 2.24) is 0 Å². The highest BCUT2D eigenvalue weighted by molar-refractivity contribution is 5.94. The maximum Gasteiger partial charge on any atom is 0.342 e. The molecule has 134 valence electrons. The Bertz CT molecular complexity index is 587. The quantitative estimate of drug-likeness (QED) is 0.392. The molecule has 0 spiro atoms. The Morgan fingerprint density at radius 3 is 2.50 bits per heavy atom. The second kappa shape index (κ2) is 9.10. The van der Waals surface area contributed by atoms with Crippen molar-refractivity contribution in [2.24, 2.45) is 0 Å². The Labute approximate surface area is 142 Å². The zero-order chi connectivity index (χ0) is 18.3. The normalized spacial score (nSPS) is 11.8. The molecule has 0 radical (unpaired) electrons. The van der Waals surface area contributed by atoms with E-state index < -0.39 is 16.6 Å². The van der Waals surface area contributed by atoms with E-state index in [2.05, 4.69) is 6.92 Å². The van der Waals surface area contributed by atoms with Crippen LogP contribution in [0.25, 0.3) is 0 Å². The van der Waals surface area contributed by atoms with Gasteiger partial charge in [-0.05, 0) is 25.8 Å². The molecule has 0 amide bonds. The number of benzene rings is 1. The number of hydrogen-bond acceptors (Lipinski definition) is 5. The Kier molecular flexibility index (Phi) is 7.48. The minimum absolute atomic E-state index is 0.101. The molecule has 24 heavy (non-hydrogen) atoms. The molecule has 0 aromatic heterocycles. The number of carboxylic acid groups (broad SMARTS) is 1. The Hall–Kier alpha value is -2.31. The lowest BCUT2D eigenvalue weighted by atomic mass is 10.1. The van der Waals surface area contributed by atoms with E-state index in [9.17, 15) is 20.0 Å². The fraction of sp³-hybridized carbons (Fsp3) is 0.588. The lowest BCUT2D eigenvalue weighted by Crippen LogP contribution is -2.17. The second-order valence-corrected chi connectivity index (χ2v) is 6.07. The summed E-state index contributed by atoms with van der Waals surface area (Å²) in [7, 11) is 3.48. The SMILES string of the molecule is CCCCCCC(C)Oc1cc([N+](=O)[O-])c(C(=O)O)cc1N(C)C. The third kappa shape index (κ3) is 5.40. The first kappa shape index (κ1) is 19.7. The number of unbranched alkanes of at least 4 members (excludes halogenated alkanes) is 3. The lowest BCUT2D eigenvalue weighted by Gasteiger charge is -2.21. The van der Waals surface area contributed by atoms with Gasteiger partial charge in [-0.15, -0.1) is 0 Å². The third-order valence-corrected chi connectivity index (χ3v) is 3.78. The molecule has 7 nitrogen and oxygen atoms in total. The predicted molar refractivity (Wildman–Crippen MR) is 93.2 cm³/mol. The molecule has 7 heteroatoms. The van der Waals surface area contributed by atoms with Crippen LogP contribution in [0.4, 0.5) is 11.4 Å². The highest BCUT2D eigenvalue weighted by atomic mass is 16.6. The van der Waals surface area contributed by atoms with Crippen molar-refractivity contribution in [3.8, 4) is 5.75 Å². The van der Waals surface area contributed by atoms with Crippen molar-refractivity contribution in [2.75, 3.05) is 19.0 Å². The van der Waals surface area contributed by atoms with Crippen LogP contribution in [0.15, 0.2) is 12.1 Å². The number of aromatic carboxylic acids is 1. The lowest BCUT2D eigenvalue weighted by molar-refractivity contribution is -0.385. The molecule has 0 heterocycles. The van der Waals surface area contributed by atoms with Crippen molar-refractivity contribution in [2.45, 2.75) is 52.1 Å². The monoisotopic (exact) mass is 338 g/mol. The first-order chi connectivity index (χ1) is 11.3. The molecule has 1 aromatic rings. The van der Waals surface area contributed by atoms with Gasteiger partial charge in [0.1, 0.15) is 11.3 Å². The van der Waals surface area contributed by atoms with E-state index in [4.69, 9.17) is 4.74 Å². The number of nitrogens with zero attached hydrogens (tertiary/aromatic N) is 2. The van der Waals surface area contributed by atoms with Crippen LogP contribution in [-0.4, -0.2) is 36.2 Å². The van der Waals surface area contributed by atoms with E-state index >= 15 is 0 Å². The van der Waals surface area contributed by atoms with Gasteiger partial charge in [0.05, 0.1) is 22.8 Å². The van der Waals surface area contributed by atoms with Gasteiger partial charge in [-0.25, -0.2) is 4.79 Å². The van der Waals surface area contributed by atoms with Gasteiger partial charge < -0.3 is 14.7 Å². The molecular weight excluding hydrogens is 312 g/mol. The van der Waals surface area contributed by atoms with Crippen molar-refractivity contribution in [3.63, 3.8) is 0 Å². The molecule has 1 rings (SSSR count). The van der Waals surface area contributed by atoms with Gasteiger partial charge in [-0.1, -0.05) is 26.2 Å². The van der Waals surface area contributed by atoms with Crippen LogP contribution in [-0.2, 0) is 0 Å². The molecule has 0 bridgehead atoms. The number of carbonyl (C=O) groups is 1. The van der Waals surface area contributed by atoms with Crippen LogP contribution in [0.1, 0.15) is 56.3 Å². The summed E-state index contributed by atoms with van der Waals surface area (Å²) < 4.78 is 5.87. The summed E-state index contributed by atoms with van der Waals surface area (Å²) in [6.45, 7) is 4.06. The van der Waals surface area contributed by atoms with Crippen molar-refractivity contribution >= 4 is 17.3 Å². The minimum Gasteiger partial charge on any atom is -0.488 e. The number of rotatable bonds is 10.